The molecule has 0 aromatic heterocycles. The highest BCUT2D eigenvalue weighted by molar-refractivity contribution is 7.99. The minimum atomic E-state index is -0.735. The summed E-state index contributed by atoms with van der Waals surface area (Å²) in [6, 6.07) is 7.07. The van der Waals surface area contributed by atoms with Crippen LogP contribution in [0.15, 0.2) is 24.3 Å². The zero-order chi connectivity index (χ0) is 20.4. The van der Waals surface area contributed by atoms with Crippen LogP contribution in [-0.4, -0.2) is 51.1 Å². The van der Waals surface area contributed by atoms with E-state index in [-0.39, 0.29) is 25.0 Å². The normalized spacial score (nSPS) is 22.9. The maximum atomic E-state index is 10.5. The van der Waals surface area contributed by atoms with E-state index in [0.29, 0.717) is 21.8 Å². The number of carbonyl (C=O) groups is 1. The first-order valence-corrected chi connectivity index (χ1v) is 11.5. The van der Waals surface area contributed by atoms with Crippen LogP contribution in [0.5, 0.6) is 5.75 Å². The molecule has 1 aliphatic carbocycles. The van der Waals surface area contributed by atoms with Gasteiger partial charge >= 0.3 is 5.97 Å². The molecular weight excluding hydrogens is 400 g/mol. The van der Waals surface area contributed by atoms with Crippen molar-refractivity contribution >= 4 is 29.3 Å². The van der Waals surface area contributed by atoms with Crippen molar-refractivity contribution in [1.29, 1.82) is 0 Å². The minimum absolute atomic E-state index is 0.234. The van der Waals surface area contributed by atoms with Crippen LogP contribution in [0, 0.1) is 5.92 Å². The Bertz CT molecular complexity index is 583. The lowest BCUT2D eigenvalue weighted by atomic mass is 9.97. The van der Waals surface area contributed by atoms with Crippen molar-refractivity contribution in [2.24, 2.45) is 5.92 Å². The lowest BCUT2D eigenvalue weighted by Gasteiger charge is -2.23. The molecule has 0 radical (unpaired) electrons. The van der Waals surface area contributed by atoms with Gasteiger partial charge in [-0.1, -0.05) is 30.9 Å². The predicted molar refractivity (Wildman–Crippen MR) is 113 cm³/mol. The molecule has 4 unspecified atom stereocenters. The van der Waals surface area contributed by atoms with E-state index in [1.807, 2.05) is 0 Å². The molecule has 2 rings (SSSR count). The number of aliphatic hydroxyl groups is 2. The molecular formula is C21H31ClO5S. The summed E-state index contributed by atoms with van der Waals surface area (Å²) in [7, 11) is 0. The zero-order valence-corrected chi connectivity index (χ0v) is 17.7. The van der Waals surface area contributed by atoms with Gasteiger partial charge in [0.1, 0.15) is 12.4 Å². The van der Waals surface area contributed by atoms with Crippen molar-refractivity contribution in [2.75, 3.05) is 12.4 Å². The highest BCUT2D eigenvalue weighted by Gasteiger charge is 2.34. The molecule has 1 saturated carbocycles. The molecule has 5 nitrogen and oxygen atoms in total. The minimum Gasteiger partial charge on any atom is -0.491 e. The van der Waals surface area contributed by atoms with Crippen LogP contribution in [0.4, 0.5) is 0 Å². The molecule has 0 spiro atoms. The zero-order valence-electron chi connectivity index (χ0n) is 16.1. The molecule has 0 amide bonds. The van der Waals surface area contributed by atoms with E-state index in [0.717, 1.165) is 44.9 Å². The summed E-state index contributed by atoms with van der Waals surface area (Å²) in [6.07, 6.45) is 5.83. The number of carboxylic acids is 1. The van der Waals surface area contributed by atoms with Gasteiger partial charge < -0.3 is 20.1 Å². The average Bonchev–Trinajstić information content (AvgIpc) is 3.02. The quantitative estimate of drug-likeness (QED) is 0.402. The van der Waals surface area contributed by atoms with E-state index in [9.17, 15) is 15.0 Å². The maximum absolute atomic E-state index is 10.5. The topological polar surface area (TPSA) is 87.0 Å². The van der Waals surface area contributed by atoms with Gasteiger partial charge in [-0.2, -0.15) is 11.8 Å². The van der Waals surface area contributed by atoms with Crippen LogP contribution < -0.4 is 4.74 Å². The van der Waals surface area contributed by atoms with Crippen molar-refractivity contribution in [3.8, 4) is 5.75 Å². The number of thioether (sulfide) groups is 1. The van der Waals surface area contributed by atoms with Gasteiger partial charge in [0.25, 0.3) is 0 Å². The van der Waals surface area contributed by atoms with Gasteiger partial charge in [-0.3, -0.25) is 4.79 Å². The van der Waals surface area contributed by atoms with E-state index < -0.39 is 12.1 Å². The third-order valence-electron chi connectivity index (χ3n) is 5.16. The van der Waals surface area contributed by atoms with Gasteiger partial charge in [0.05, 0.1) is 12.2 Å². The number of rotatable bonds is 13. The second-order valence-electron chi connectivity index (χ2n) is 7.45. The summed E-state index contributed by atoms with van der Waals surface area (Å²) >= 11 is 7.57. The molecule has 0 heterocycles. The highest BCUT2D eigenvalue weighted by atomic mass is 35.5. The standard InChI is InChI=1S/C21H31ClO5S/c22-15-7-9-17(10-8-15)27-13-16(23)14-28-20-12-11-19(24)18(20)5-3-1-2-4-6-21(25)26/h7-10,16,18-20,23-24H,1-6,11-14H2,(H,25,26). The molecule has 0 bridgehead atoms. The number of unbranched alkanes of at least 4 members (excludes halogenated alkanes) is 3. The van der Waals surface area contributed by atoms with Crippen molar-refractivity contribution in [2.45, 2.75) is 68.8 Å². The molecule has 1 fully saturated rings. The second kappa shape index (κ2) is 12.6. The molecule has 28 heavy (non-hydrogen) atoms. The second-order valence-corrected chi connectivity index (χ2v) is 9.15. The van der Waals surface area contributed by atoms with E-state index in [2.05, 4.69) is 0 Å². The van der Waals surface area contributed by atoms with Crippen molar-refractivity contribution in [3.05, 3.63) is 29.3 Å². The Labute approximate surface area is 176 Å². The maximum Gasteiger partial charge on any atom is 0.303 e. The lowest BCUT2D eigenvalue weighted by molar-refractivity contribution is -0.137. The van der Waals surface area contributed by atoms with Gasteiger partial charge in [-0.25, -0.2) is 0 Å². The third kappa shape index (κ3) is 8.60. The summed E-state index contributed by atoms with van der Waals surface area (Å²) in [5.74, 6) is 0.792. The number of aliphatic carboxylic acids is 1. The lowest BCUT2D eigenvalue weighted by Crippen LogP contribution is -2.25. The number of hydrogen-bond donors (Lipinski definition) is 3. The molecule has 1 aromatic rings. The van der Waals surface area contributed by atoms with E-state index in [4.69, 9.17) is 21.4 Å². The molecule has 0 aliphatic heterocycles. The largest absolute Gasteiger partial charge is 0.491 e. The summed E-state index contributed by atoms with van der Waals surface area (Å²) in [5, 5.41) is 30.2. The van der Waals surface area contributed by atoms with E-state index in [1.54, 1.807) is 36.0 Å². The number of carboxylic acid groups (broad SMARTS) is 1. The van der Waals surface area contributed by atoms with E-state index >= 15 is 0 Å². The SMILES string of the molecule is O=C(O)CCCCCCC1C(O)CCC1SCC(O)COc1ccc(Cl)cc1. The first kappa shape index (κ1) is 23.3. The molecule has 158 valence electrons. The number of halogens is 1. The summed E-state index contributed by atoms with van der Waals surface area (Å²) in [4.78, 5) is 10.5. The third-order valence-corrected chi connectivity index (χ3v) is 7.00. The molecule has 1 aromatic carbocycles. The Kier molecular flexibility index (Phi) is 10.5. The first-order chi connectivity index (χ1) is 13.5. The van der Waals surface area contributed by atoms with Crippen molar-refractivity contribution < 1.29 is 24.9 Å². The molecule has 1 aliphatic rings. The predicted octanol–water partition coefficient (Wildman–Crippen LogP) is 4.38. The average molecular weight is 431 g/mol. The molecule has 4 atom stereocenters. The summed E-state index contributed by atoms with van der Waals surface area (Å²) in [6.45, 7) is 0.234. The fourth-order valence-electron chi connectivity index (χ4n) is 3.61. The molecule has 3 N–H and O–H groups in total. The van der Waals surface area contributed by atoms with Crippen LogP contribution in [0.2, 0.25) is 5.02 Å². The smallest absolute Gasteiger partial charge is 0.303 e. The fourth-order valence-corrected chi connectivity index (χ4v) is 5.17. The molecule has 0 saturated heterocycles. The molecule has 7 heteroatoms. The van der Waals surface area contributed by atoms with Crippen LogP contribution in [0.1, 0.15) is 51.4 Å². The first-order valence-electron chi connectivity index (χ1n) is 10.0. The highest BCUT2D eigenvalue weighted by Crippen LogP contribution is 2.38. The fraction of sp³-hybridized carbons (Fsp3) is 0.667. The Morgan fingerprint density at radius 2 is 1.89 bits per heavy atom. The van der Waals surface area contributed by atoms with Crippen LogP contribution >= 0.6 is 23.4 Å². The Morgan fingerprint density at radius 3 is 2.61 bits per heavy atom. The number of ether oxygens (including phenoxy) is 1. The van der Waals surface area contributed by atoms with Gasteiger partial charge in [0.2, 0.25) is 0 Å². The van der Waals surface area contributed by atoms with Crippen molar-refractivity contribution in [1.82, 2.24) is 0 Å². The van der Waals surface area contributed by atoms with Crippen molar-refractivity contribution in [3.63, 3.8) is 0 Å². The summed E-state index contributed by atoms with van der Waals surface area (Å²) in [5.41, 5.74) is 0. The Hall–Kier alpha value is -0.950. The van der Waals surface area contributed by atoms with E-state index in [1.165, 1.54) is 0 Å². The number of aliphatic hydroxyl groups excluding tert-OH is 2. The number of benzene rings is 1. The van der Waals surface area contributed by atoms with Gasteiger partial charge in [-0.15, -0.1) is 0 Å². The van der Waals surface area contributed by atoms with Crippen LogP contribution in [0.3, 0.4) is 0 Å². The Morgan fingerprint density at radius 1 is 1.18 bits per heavy atom. The monoisotopic (exact) mass is 430 g/mol. The number of hydrogen-bond acceptors (Lipinski definition) is 5. The Balaban J connectivity index is 1.63. The summed E-state index contributed by atoms with van der Waals surface area (Å²) < 4.78 is 5.59. The van der Waals surface area contributed by atoms with Gasteiger partial charge in [0, 0.05) is 22.4 Å². The van der Waals surface area contributed by atoms with Crippen LogP contribution in [0.25, 0.3) is 0 Å². The van der Waals surface area contributed by atoms with Crippen LogP contribution in [-0.2, 0) is 4.79 Å². The van der Waals surface area contributed by atoms with Gasteiger partial charge in [0.15, 0.2) is 0 Å². The van der Waals surface area contributed by atoms with Gasteiger partial charge in [-0.05, 0) is 55.9 Å².